The predicted molar refractivity (Wildman–Crippen MR) is 88.4 cm³/mol. The number of rotatable bonds is 2. The molecular formula is C16H16B2O2. The second-order valence-electron chi connectivity index (χ2n) is 5.45. The molecule has 0 saturated carbocycles. The van der Waals surface area contributed by atoms with E-state index in [0.717, 1.165) is 21.5 Å². The summed E-state index contributed by atoms with van der Waals surface area (Å²) in [4.78, 5) is 0. The summed E-state index contributed by atoms with van der Waals surface area (Å²) in [6.07, 6.45) is 0. The number of fused-ring (bicyclic) bond motifs is 2. The molecule has 0 bridgehead atoms. The van der Waals surface area contributed by atoms with E-state index in [2.05, 4.69) is 25.8 Å². The molecule has 0 aliphatic rings. The standard InChI is InChI=1S/C16H16B2O2/c1-17(2)15-11-7-3-5-9-13(11)16(18(19)20)14-10-6-4-8-12(14)15/h3-10,19-20H,1-2H3. The van der Waals surface area contributed by atoms with Gasteiger partial charge in [-0.3, -0.25) is 0 Å². The van der Waals surface area contributed by atoms with Gasteiger partial charge in [-0.25, -0.2) is 0 Å². The van der Waals surface area contributed by atoms with Crippen molar-refractivity contribution in [2.24, 2.45) is 0 Å². The highest BCUT2D eigenvalue weighted by Gasteiger charge is 2.22. The van der Waals surface area contributed by atoms with Crippen molar-refractivity contribution < 1.29 is 10.0 Å². The molecular weight excluding hydrogens is 246 g/mol. The van der Waals surface area contributed by atoms with Crippen molar-refractivity contribution in [2.45, 2.75) is 13.6 Å². The highest BCUT2D eigenvalue weighted by Crippen LogP contribution is 2.20. The van der Waals surface area contributed by atoms with Gasteiger partial charge in [-0.1, -0.05) is 67.6 Å². The van der Waals surface area contributed by atoms with Gasteiger partial charge < -0.3 is 10.0 Å². The molecule has 0 amide bonds. The molecule has 0 saturated heterocycles. The van der Waals surface area contributed by atoms with Gasteiger partial charge in [-0.05, 0) is 27.0 Å². The molecule has 0 aliphatic carbocycles. The third kappa shape index (κ3) is 1.92. The minimum Gasteiger partial charge on any atom is -0.423 e. The topological polar surface area (TPSA) is 40.5 Å². The Hall–Kier alpha value is -1.77. The van der Waals surface area contributed by atoms with Crippen LogP contribution in [0.15, 0.2) is 48.5 Å². The predicted octanol–water partition coefficient (Wildman–Crippen LogP) is 1.63. The lowest BCUT2D eigenvalue weighted by Crippen LogP contribution is -2.35. The van der Waals surface area contributed by atoms with Crippen molar-refractivity contribution in [1.82, 2.24) is 0 Å². The van der Waals surface area contributed by atoms with Crippen LogP contribution in [0.1, 0.15) is 0 Å². The van der Waals surface area contributed by atoms with Crippen LogP contribution in [-0.4, -0.2) is 23.9 Å². The summed E-state index contributed by atoms with van der Waals surface area (Å²) in [6.45, 7) is 4.71. The maximum Gasteiger partial charge on any atom is 0.489 e. The molecule has 2 nitrogen and oxygen atoms in total. The Labute approximate surface area is 119 Å². The van der Waals surface area contributed by atoms with E-state index in [1.54, 1.807) is 0 Å². The van der Waals surface area contributed by atoms with Crippen LogP contribution >= 0.6 is 0 Å². The molecule has 0 fully saturated rings. The highest BCUT2D eigenvalue weighted by molar-refractivity contribution is 6.77. The highest BCUT2D eigenvalue weighted by atomic mass is 16.4. The molecule has 0 radical (unpaired) electrons. The maximum absolute atomic E-state index is 9.80. The first kappa shape index (κ1) is 13.2. The van der Waals surface area contributed by atoms with Gasteiger partial charge in [0.2, 0.25) is 0 Å². The van der Waals surface area contributed by atoms with Crippen molar-refractivity contribution in [1.29, 1.82) is 0 Å². The first-order chi connectivity index (χ1) is 9.61. The van der Waals surface area contributed by atoms with E-state index in [1.165, 1.54) is 5.46 Å². The third-order valence-corrected chi connectivity index (χ3v) is 3.85. The summed E-state index contributed by atoms with van der Waals surface area (Å²) in [5.41, 5.74) is 1.86. The fourth-order valence-electron chi connectivity index (χ4n) is 3.10. The fourth-order valence-corrected chi connectivity index (χ4v) is 3.10. The lowest BCUT2D eigenvalue weighted by atomic mass is 9.47. The molecule has 0 aromatic heterocycles. The summed E-state index contributed by atoms with van der Waals surface area (Å²) >= 11 is 0. The van der Waals surface area contributed by atoms with Gasteiger partial charge in [-0.2, -0.15) is 0 Å². The van der Waals surface area contributed by atoms with Crippen molar-refractivity contribution in [2.75, 3.05) is 0 Å². The van der Waals surface area contributed by atoms with Crippen LogP contribution in [0.5, 0.6) is 0 Å². The largest absolute Gasteiger partial charge is 0.489 e. The van der Waals surface area contributed by atoms with Crippen LogP contribution in [-0.2, 0) is 0 Å². The summed E-state index contributed by atoms with van der Waals surface area (Å²) in [5, 5.41) is 23.7. The Bertz CT molecular complexity index is 659. The third-order valence-electron chi connectivity index (χ3n) is 3.85. The molecule has 0 unspecified atom stereocenters. The van der Waals surface area contributed by atoms with Gasteiger partial charge in [0.05, 0.1) is 0 Å². The molecule has 0 heterocycles. The van der Waals surface area contributed by atoms with Gasteiger partial charge in [0.1, 0.15) is 0 Å². The molecule has 20 heavy (non-hydrogen) atoms. The minimum absolute atomic E-state index is 0.370. The summed E-state index contributed by atoms with van der Waals surface area (Å²) in [5.74, 6) is 0. The maximum atomic E-state index is 9.80. The van der Waals surface area contributed by atoms with Crippen molar-refractivity contribution in [3.05, 3.63) is 48.5 Å². The second kappa shape index (κ2) is 4.97. The molecule has 0 spiro atoms. The summed E-state index contributed by atoms with van der Waals surface area (Å²) in [6, 6.07) is 15.9. The summed E-state index contributed by atoms with van der Waals surface area (Å²) in [7, 11) is -1.47. The van der Waals surface area contributed by atoms with Crippen molar-refractivity contribution >= 4 is 46.3 Å². The molecule has 3 aromatic rings. The van der Waals surface area contributed by atoms with E-state index in [0.29, 0.717) is 12.2 Å². The first-order valence-electron chi connectivity index (χ1n) is 6.90. The van der Waals surface area contributed by atoms with E-state index < -0.39 is 7.12 Å². The lowest BCUT2D eigenvalue weighted by molar-refractivity contribution is 0.426. The Kier molecular flexibility index (Phi) is 3.28. The van der Waals surface area contributed by atoms with E-state index in [-0.39, 0.29) is 0 Å². The number of hydrogen-bond acceptors (Lipinski definition) is 2. The normalized spacial score (nSPS) is 11.0. The minimum atomic E-state index is -1.47. The SMILES string of the molecule is CB(C)c1c2ccccc2c(B(O)O)c2ccccc12. The van der Waals surface area contributed by atoms with Crippen molar-refractivity contribution in [3.8, 4) is 0 Å². The average Bonchev–Trinajstić information content (AvgIpc) is 2.43. The van der Waals surface area contributed by atoms with Crippen LogP contribution in [0.2, 0.25) is 13.6 Å². The Morgan fingerprint density at radius 3 is 1.30 bits per heavy atom. The van der Waals surface area contributed by atoms with E-state index in [4.69, 9.17) is 0 Å². The Balaban J connectivity index is 2.62. The molecule has 4 heteroatoms. The fraction of sp³-hybridized carbons (Fsp3) is 0.125. The van der Waals surface area contributed by atoms with E-state index in [1.807, 2.05) is 36.4 Å². The Morgan fingerprint density at radius 1 is 0.650 bits per heavy atom. The Morgan fingerprint density at radius 2 is 1.00 bits per heavy atom. The van der Waals surface area contributed by atoms with Gasteiger partial charge >= 0.3 is 7.12 Å². The number of benzene rings is 3. The zero-order chi connectivity index (χ0) is 14.3. The second-order valence-corrected chi connectivity index (χ2v) is 5.45. The van der Waals surface area contributed by atoms with Crippen LogP contribution in [0.25, 0.3) is 21.5 Å². The zero-order valence-electron chi connectivity index (χ0n) is 11.7. The van der Waals surface area contributed by atoms with Gasteiger partial charge in [0, 0.05) is 0 Å². The van der Waals surface area contributed by atoms with Crippen LogP contribution in [0.3, 0.4) is 0 Å². The average molecular weight is 262 g/mol. The van der Waals surface area contributed by atoms with Crippen molar-refractivity contribution in [3.63, 3.8) is 0 Å². The van der Waals surface area contributed by atoms with Crippen LogP contribution < -0.4 is 10.9 Å². The summed E-state index contributed by atoms with van der Waals surface area (Å²) < 4.78 is 0. The van der Waals surface area contributed by atoms with E-state index >= 15 is 0 Å². The van der Waals surface area contributed by atoms with E-state index in [9.17, 15) is 10.0 Å². The molecule has 3 rings (SSSR count). The monoisotopic (exact) mass is 262 g/mol. The molecule has 98 valence electrons. The zero-order valence-corrected chi connectivity index (χ0v) is 11.7. The van der Waals surface area contributed by atoms with Gasteiger partial charge in [0.25, 0.3) is 0 Å². The molecule has 0 atom stereocenters. The van der Waals surface area contributed by atoms with Gasteiger partial charge in [-0.15, -0.1) is 0 Å². The number of hydrogen-bond donors (Lipinski definition) is 2. The molecule has 0 aliphatic heterocycles. The first-order valence-corrected chi connectivity index (χ1v) is 6.90. The van der Waals surface area contributed by atoms with Gasteiger partial charge in [0.15, 0.2) is 6.71 Å². The van der Waals surface area contributed by atoms with Crippen LogP contribution in [0, 0.1) is 0 Å². The smallest absolute Gasteiger partial charge is 0.423 e. The lowest BCUT2D eigenvalue weighted by Gasteiger charge is -2.17. The quantitative estimate of drug-likeness (QED) is 0.544. The molecule has 3 aromatic carbocycles. The molecule has 2 N–H and O–H groups in total. The van der Waals surface area contributed by atoms with Crippen LogP contribution in [0.4, 0.5) is 0 Å².